The van der Waals surface area contributed by atoms with Crippen LogP contribution in [0.15, 0.2) is 60.7 Å². The third-order valence-electron chi connectivity index (χ3n) is 8.25. The van der Waals surface area contributed by atoms with E-state index in [0.717, 1.165) is 67.3 Å². The molecule has 0 unspecified atom stereocenters. The van der Waals surface area contributed by atoms with Gasteiger partial charge in [-0.2, -0.15) is 0 Å². The first kappa shape index (κ1) is 29.4. The second-order valence-electron chi connectivity index (χ2n) is 11.4. The maximum atomic E-state index is 12.0. The van der Waals surface area contributed by atoms with E-state index in [0.29, 0.717) is 51.0 Å². The maximum Gasteiger partial charge on any atom is 0.144 e. The number of benzene rings is 4. The van der Waals surface area contributed by atoms with Gasteiger partial charge in [0.15, 0.2) is 0 Å². The van der Waals surface area contributed by atoms with Gasteiger partial charge in [0, 0.05) is 30.1 Å². The van der Waals surface area contributed by atoms with Gasteiger partial charge in [-0.15, -0.1) is 0 Å². The minimum absolute atomic E-state index is 0.127. The molecule has 4 N–H and O–H groups in total. The average molecular weight is 589 g/mol. The zero-order chi connectivity index (χ0) is 30.6. The van der Waals surface area contributed by atoms with Crippen LogP contribution >= 0.6 is 0 Å². The van der Waals surface area contributed by atoms with E-state index in [-0.39, 0.29) is 11.5 Å². The van der Waals surface area contributed by atoms with Crippen molar-refractivity contribution in [3.63, 3.8) is 0 Å². The van der Waals surface area contributed by atoms with Crippen LogP contribution in [0.3, 0.4) is 0 Å². The third kappa shape index (κ3) is 5.52. The van der Waals surface area contributed by atoms with Crippen molar-refractivity contribution in [2.45, 2.75) is 65.2 Å². The number of unbranched alkanes of at least 4 members (excludes halogenated alkanes) is 2. The number of rotatable bonds is 12. The Morgan fingerprint density at radius 2 is 0.977 bits per heavy atom. The Morgan fingerprint density at radius 3 is 1.36 bits per heavy atom. The summed E-state index contributed by atoms with van der Waals surface area (Å²) in [5.74, 6) is -0.179. The quantitative estimate of drug-likeness (QED) is 0.0638. The average Bonchev–Trinajstić information content (AvgIpc) is 3.03. The van der Waals surface area contributed by atoms with Crippen molar-refractivity contribution < 1.29 is 10.2 Å². The minimum Gasteiger partial charge on any atom is -0.505 e. The van der Waals surface area contributed by atoms with Crippen LogP contribution in [-0.2, 0) is 0 Å². The lowest BCUT2D eigenvalue weighted by atomic mass is 9.83. The van der Waals surface area contributed by atoms with Crippen molar-refractivity contribution in [1.29, 1.82) is 0 Å². The Labute approximate surface area is 257 Å². The summed E-state index contributed by atoms with van der Waals surface area (Å²) in [5.41, 5.74) is 8.19. The maximum absolute atomic E-state index is 12.0. The Bertz CT molecular complexity index is 1820. The predicted octanol–water partition coefficient (Wildman–Crippen LogP) is 8.65. The summed E-state index contributed by atoms with van der Waals surface area (Å²) in [6.45, 7) is 7.83. The number of phenols is 2. The number of hydrogen-bond donors (Lipinski definition) is 4. The summed E-state index contributed by atoms with van der Waals surface area (Å²) in [6, 6.07) is 19.3. The van der Waals surface area contributed by atoms with Crippen LogP contribution in [0.2, 0.25) is 0 Å². The van der Waals surface area contributed by atoms with Gasteiger partial charge < -0.3 is 20.8 Å². The molecule has 0 radical (unpaired) electrons. The van der Waals surface area contributed by atoms with Gasteiger partial charge in [-0.25, -0.2) is 19.9 Å². The second-order valence-corrected chi connectivity index (χ2v) is 11.4. The molecule has 0 saturated carbocycles. The first-order chi connectivity index (χ1) is 21.5. The van der Waals surface area contributed by atoms with Gasteiger partial charge in [-0.05, 0) is 55.7 Å². The molecule has 6 rings (SSSR count). The SMILES string of the molecule is CCCCNc1cc2nc3ccccc3nc2c(C(CCC)c2c(O)c(NCCCC)cc3nc4ccccc4nc23)c1O. The van der Waals surface area contributed by atoms with Crippen molar-refractivity contribution in [1.82, 2.24) is 19.9 Å². The zero-order valence-corrected chi connectivity index (χ0v) is 25.7. The molecule has 0 saturated heterocycles. The number of aromatic nitrogens is 4. The van der Waals surface area contributed by atoms with Crippen LogP contribution in [0.4, 0.5) is 11.4 Å². The van der Waals surface area contributed by atoms with E-state index in [9.17, 15) is 10.2 Å². The summed E-state index contributed by atoms with van der Waals surface area (Å²) >= 11 is 0. The number of fused-ring (bicyclic) bond motifs is 4. The van der Waals surface area contributed by atoms with Gasteiger partial charge >= 0.3 is 0 Å². The van der Waals surface area contributed by atoms with Crippen LogP contribution in [0.1, 0.15) is 76.3 Å². The first-order valence-corrected chi connectivity index (χ1v) is 15.9. The molecule has 0 aliphatic rings. The van der Waals surface area contributed by atoms with E-state index >= 15 is 0 Å². The van der Waals surface area contributed by atoms with E-state index in [1.807, 2.05) is 60.7 Å². The lowest BCUT2D eigenvalue weighted by Crippen LogP contribution is -2.11. The third-order valence-corrected chi connectivity index (χ3v) is 8.25. The number of aromatic hydroxyl groups is 2. The van der Waals surface area contributed by atoms with Crippen molar-refractivity contribution >= 4 is 55.5 Å². The molecule has 0 aliphatic carbocycles. The molecule has 0 aliphatic heterocycles. The lowest BCUT2D eigenvalue weighted by Gasteiger charge is -2.25. The van der Waals surface area contributed by atoms with Crippen LogP contribution in [0, 0.1) is 0 Å². The van der Waals surface area contributed by atoms with E-state index in [1.54, 1.807) is 0 Å². The number of nitrogens with zero attached hydrogens (tertiary/aromatic N) is 4. The molecule has 0 amide bonds. The normalized spacial score (nSPS) is 11.7. The number of phenolic OH excluding ortho intramolecular Hbond substituents is 2. The topological polar surface area (TPSA) is 116 Å². The highest BCUT2D eigenvalue weighted by Crippen LogP contribution is 2.49. The molecular weight excluding hydrogens is 548 g/mol. The van der Waals surface area contributed by atoms with Crippen molar-refractivity contribution in [3.8, 4) is 11.5 Å². The predicted molar refractivity (Wildman–Crippen MR) is 181 cm³/mol. The minimum atomic E-state index is -0.434. The van der Waals surface area contributed by atoms with Gasteiger partial charge in [0.2, 0.25) is 0 Å². The van der Waals surface area contributed by atoms with E-state index in [4.69, 9.17) is 19.9 Å². The fourth-order valence-corrected chi connectivity index (χ4v) is 6.00. The number of hydrogen-bond acceptors (Lipinski definition) is 8. The molecule has 0 spiro atoms. The molecule has 6 aromatic rings. The summed E-state index contributed by atoms with van der Waals surface area (Å²) in [5, 5.41) is 30.9. The van der Waals surface area contributed by atoms with Crippen LogP contribution in [-0.4, -0.2) is 43.2 Å². The molecule has 4 aromatic carbocycles. The standard InChI is InChI=1S/C36H40N6O2/c1-4-7-18-37-29-20-27-33(41-25-16-11-9-14-23(25)39-27)31(35(29)43)22(13-6-3)32-34-28(21-30(36(32)44)38-19-8-5-2)40-24-15-10-12-17-26(24)42-34/h9-12,14-17,20-22,37-38,43-44H,4-8,13,18-19H2,1-3H3. The van der Waals surface area contributed by atoms with Crippen molar-refractivity contribution in [2.75, 3.05) is 23.7 Å². The summed E-state index contributed by atoms with van der Waals surface area (Å²) in [7, 11) is 0. The Balaban J connectivity index is 1.67. The summed E-state index contributed by atoms with van der Waals surface area (Å²) in [4.78, 5) is 20.1. The molecular formula is C36H40N6O2. The zero-order valence-electron chi connectivity index (χ0n) is 25.7. The monoisotopic (exact) mass is 588 g/mol. The highest BCUT2D eigenvalue weighted by atomic mass is 16.3. The van der Waals surface area contributed by atoms with Gasteiger partial charge in [0.1, 0.15) is 11.5 Å². The lowest BCUT2D eigenvalue weighted by molar-refractivity contribution is 0.454. The van der Waals surface area contributed by atoms with Crippen molar-refractivity contribution in [3.05, 3.63) is 71.8 Å². The van der Waals surface area contributed by atoms with Crippen molar-refractivity contribution in [2.24, 2.45) is 0 Å². The summed E-state index contributed by atoms with van der Waals surface area (Å²) < 4.78 is 0. The molecule has 0 fully saturated rings. The van der Waals surface area contributed by atoms with Gasteiger partial charge in [-0.3, -0.25) is 0 Å². The first-order valence-electron chi connectivity index (χ1n) is 15.9. The number of para-hydroxylation sites is 4. The van der Waals surface area contributed by atoms with E-state index in [1.165, 1.54) is 0 Å². The fraction of sp³-hybridized carbons (Fsp3) is 0.333. The molecule has 226 valence electrons. The number of anilines is 2. The second kappa shape index (κ2) is 12.9. The van der Waals surface area contributed by atoms with E-state index in [2.05, 4.69) is 31.4 Å². The van der Waals surface area contributed by atoms with Crippen LogP contribution in [0.5, 0.6) is 11.5 Å². The van der Waals surface area contributed by atoms with E-state index < -0.39 is 5.92 Å². The van der Waals surface area contributed by atoms with Gasteiger partial charge in [0.05, 0.1) is 55.5 Å². The molecule has 44 heavy (non-hydrogen) atoms. The smallest absolute Gasteiger partial charge is 0.144 e. The Morgan fingerprint density at radius 1 is 0.568 bits per heavy atom. The highest BCUT2D eigenvalue weighted by molar-refractivity contribution is 5.97. The van der Waals surface area contributed by atoms with Crippen LogP contribution in [0.25, 0.3) is 44.1 Å². The molecule has 8 heteroatoms. The molecule has 0 bridgehead atoms. The Kier molecular flexibility index (Phi) is 8.59. The Hall–Kier alpha value is -4.72. The summed E-state index contributed by atoms with van der Waals surface area (Å²) in [6.07, 6.45) is 5.44. The highest BCUT2D eigenvalue weighted by Gasteiger charge is 2.30. The molecule has 0 atom stereocenters. The fourth-order valence-electron chi connectivity index (χ4n) is 6.00. The number of nitrogens with one attached hydrogen (secondary N) is 2. The van der Waals surface area contributed by atoms with Crippen LogP contribution < -0.4 is 10.6 Å². The molecule has 8 nitrogen and oxygen atoms in total. The largest absolute Gasteiger partial charge is 0.505 e. The molecule has 2 aromatic heterocycles. The van der Waals surface area contributed by atoms with Gasteiger partial charge in [0.25, 0.3) is 0 Å². The molecule has 2 heterocycles. The van der Waals surface area contributed by atoms with Gasteiger partial charge in [-0.1, -0.05) is 64.3 Å².